The van der Waals surface area contributed by atoms with Gasteiger partial charge in [0, 0.05) is 19.7 Å². The minimum atomic E-state index is 0.0188. The maximum absolute atomic E-state index is 12.1. The second kappa shape index (κ2) is 8.30. The molecule has 0 unspecified atom stereocenters. The van der Waals surface area contributed by atoms with Crippen LogP contribution < -0.4 is 0 Å². The average molecular weight is 305 g/mol. The second-order valence-electron chi connectivity index (χ2n) is 6.18. The molecule has 1 aromatic carbocycles. The molecule has 0 radical (unpaired) electrons. The highest BCUT2D eigenvalue weighted by Crippen LogP contribution is 2.34. The van der Waals surface area contributed by atoms with Crippen molar-refractivity contribution in [3.05, 3.63) is 35.9 Å². The zero-order chi connectivity index (χ0) is 15.8. The maximum Gasteiger partial charge on any atom is 0.248 e. The smallest absolute Gasteiger partial charge is 0.248 e. The Kier molecular flexibility index (Phi) is 6.40. The van der Waals surface area contributed by atoms with Crippen LogP contribution in [-0.4, -0.2) is 48.8 Å². The standard InChI is InChI=1S/C18H27NO3/c1-2-18(15-20)9-11-19(12-10-18)17(21)14-22-13-8-16-6-4-3-5-7-16/h3-7,20H,2,8-15H2,1H3. The lowest BCUT2D eigenvalue weighted by atomic mass is 9.77. The highest BCUT2D eigenvalue weighted by molar-refractivity contribution is 5.77. The topological polar surface area (TPSA) is 49.8 Å². The van der Waals surface area contributed by atoms with Crippen LogP contribution in [0.1, 0.15) is 31.7 Å². The monoisotopic (exact) mass is 305 g/mol. The van der Waals surface area contributed by atoms with Crippen molar-refractivity contribution in [3.8, 4) is 0 Å². The summed E-state index contributed by atoms with van der Waals surface area (Å²) in [5.41, 5.74) is 1.24. The van der Waals surface area contributed by atoms with Crippen molar-refractivity contribution >= 4 is 5.91 Å². The molecule has 0 aromatic heterocycles. The zero-order valence-corrected chi connectivity index (χ0v) is 13.5. The number of carbonyl (C=O) groups is 1. The first kappa shape index (κ1) is 17.0. The van der Waals surface area contributed by atoms with E-state index < -0.39 is 0 Å². The molecule has 0 atom stereocenters. The van der Waals surface area contributed by atoms with E-state index in [1.165, 1.54) is 5.56 Å². The number of ether oxygens (including phenoxy) is 1. The van der Waals surface area contributed by atoms with E-state index >= 15 is 0 Å². The van der Waals surface area contributed by atoms with E-state index in [1.807, 2.05) is 23.1 Å². The van der Waals surface area contributed by atoms with E-state index in [0.717, 1.165) is 38.8 Å². The van der Waals surface area contributed by atoms with E-state index in [4.69, 9.17) is 4.74 Å². The van der Waals surface area contributed by atoms with E-state index in [1.54, 1.807) is 0 Å². The van der Waals surface area contributed by atoms with Gasteiger partial charge in [-0.15, -0.1) is 0 Å². The van der Waals surface area contributed by atoms with Gasteiger partial charge in [-0.25, -0.2) is 0 Å². The van der Waals surface area contributed by atoms with Crippen molar-refractivity contribution in [1.82, 2.24) is 4.90 Å². The quantitative estimate of drug-likeness (QED) is 0.786. The zero-order valence-electron chi connectivity index (χ0n) is 13.5. The SMILES string of the molecule is CCC1(CO)CCN(C(=O)COCCc2ccccc2)CC1. The van der Waals surface area contributed by atoms with Gasteiger partial charge in [-0.3, -0.25) is 4.79 Å². The van der Waals surface area contributed by atoms with E-state index in [9.17, 15) is 9.90 Å². The maximum atomic E-state index is 12.1. The summed E-state index contributed by atoms with van der Waals surface area (Å²) in [4.78, 5) is 14.0. The number of aliphatic hydroxyl groups excluding tert-OH is 1. The Labute approximate surface area is 133 Å². The summed E-state index contributed by atoms with van der Waals surface area (Å²) in [6.45, 7) is 4.52. The lowest BCUT2D eigenvalue weighted by Crippen LogP contribution is -2.45. The van der Waals surface area contributed by atoms with Gasteiger partial charge in [0.05, 0.1) is 6.61 Å². The first-order chi connectivity index (χ1) is 10.7. The van der Waals surface area contributed by atoms with E-state index in [0.29, 0.717) is 6.61 Å². The molecule has 1 fully saturated rings. The van der Waals surface area contributed by atoms with E-state index in [-0.39, 0.29) is 24.5 Å². The number of hydrogen-bond acceptors (Lipinski definition) is 3. The summed E-state index contributed by atoms with van der Waals surface area (Å²) < 4.78 is 5.52. The Morgan fingerprint density at radius 2 is 1.95 bits per heavy atom. The number of benzene rings is 1. The number of piperidine rings is 1. The number of amides is 1. The van der Waals surface area contributed by atoms with Gasteiger partial charge in [-0.05, 0) is 36.7 Å². The van der Waals surface area contributed by atoms with Crippen LogP contribution in [0.4, 0.5) is 0 Å². The van der Waals surface area contributed by atoms with Gasteiger partial charge in [0.1, 0.15) is 6.61 Å². The summed E-state index contributed by atoms with van der Waals surface area (Å²) in [5, 5.41) is 9.52. The molecule has 122 valence electrons. The van der Waals surface area contributed by atoms with Gasteiger partial charge in [0.25, 0.3) is 0 Å². The van der Waals surface area contributed by atoms with Gasteiger partial charge in [-0.2, -0.15) is 0 Å². The van der Waals surface area contributed by atoms with Crippen LogP contribution in [0.5, 0.6) is 0 Å². The van der Waals surface area contributed by atoms with Gasteiger partial charge in [0.15, 0.2) is 0 Å². The fourth-order valence-electron chi connectivity index (χ4n) is 2.94. The molecule has 2 rings (SSSR count). The highest BCUT2D eigenvalue weighted by atomic mass is 16.5. The Bertz CT molecular complexity index is 447. The second-order valence-corrected chi connectivity index (χ2v) is 6.18. The molecule has 0 saturated carbocycles. The molecule has 0 spiro atoms. The average Bonchev–Trinajstić information content (AvgIpc) is 2.59. The Balaban J connectivity index is 1.66. The minimum Gasteiger partial charge on any atom is -0.396 e. The first-order valence-electron chi connectivity index (χ1n) is 8.19. The minimum absolute atomic E-state index is 0.0188. The number of rotatable bonds is 7. The lowest BCUT2D eigenvalue weighted by molar-refractivity contribution is -0.139. The Morgan fingerprint density at radius 3 is 2.55 bits per heavy atom. The predicted molar refractivity (Wildman–Crippen MR) is 86.6 cm³/mol. The summed E-state index contributed by atoms with van der Waals surface area (Å²) in [6.07, 6.45) is 3.57. The Morgan fingerprint density at radius 1 is 1.27 bits per heavy atom. The fourth-order valence-corrected chi connectivity index (χ4v) is 2.94. The third-order valence-electron chi connectivity index (χ3n) is 4.87. The van der Waals surface area contributed by atoms with Crippen molar-refractivity contribution in [3.63, 3.8) is 0 Å². The third kappa shape index (κ3) is 4.55. The number of likely N-dealkylation sites (tertiary alicyclic amines) is 1. The van der Waals surface area contributed by atoms with Crippen molar-refractivity contribution in [1.29, 1.82) is 0 Å². The molecule has 1 saturated heterocycles. The normalized spacial score (nSPS) is 17.5. The van der Waals surface area contributed by atoms with Crippen LogP contribution in [0.15, 0.2) is 30.3 Å². The van der Waals surface area contributed by atoms with Crippen LogP contribution in [0, 0.1) is 5.41 Å². The summed E-state index contributed by atoms with van der Waals surface area (Å²) >= 11 is 0. The number of aliphatic hydroxyl groups is 1. The number of nitrogens with zero attached hydrogens (tertiary/aromatic N) is 1. The molecule has 0 aliphatic carbocycles. The molecule has 0 bridgehead atoms. The number of hydrogen-bond donors (Lipinski definition) is 1. The van der Waals surface area contributed by atoms with Crippen molar-refractivity contribution in [2.75, 3.05) is 32.9 Å². The van der Waals surface area contributed by atoms with Crippen molar-refractivity contribution in [2.24, 2.45) is 5.41 Å². The molecule has 1 heterocycles. The molecule has 1 N–H and O–H groups in total. The van der Waals surface area contributed by atoms with Crippen LogP contribution in [0.25, 0.3) is 0 Å². The van der Waals surface area contributed by atoms with Gasteiger partial charge < -0.3 is 14.7 Å². The molecule has 1 aliphatic rings. The summed E-state index contributed by atoms with van der Waals surface area (Å²) in [7, 11) is 0. The van der Waals surface area contributed by atoms with Gasteiger partial charge in [0.2, 0.25) is 5.91 Å². The predicted octanol–water partition coefficient (Wildman–Crippen LogP) is 2.26. The van der Waals surface area contributed by atoms with Crippen molar-refractivity contribution in [2.45, 2.75) is 32.6 Å². The third-order valence-corrected chi connectivity index (χ3v) is 4.87. The molecule has 4 nitrogen and oxygen atoms in total. The Hall–Kier alpha value is -1.39. The molecular formula is C18H27NO3. The molecule has 22 heavy (non-hydrogen) atoms. The molecule has 1 aliphatic heterocycles. The van der Waals surface area contributed by atoms with Crippen LogP contribution in [0.3, 0.4) is 0 Å². The lowest BCUT2D eigenvalue weighted by Gasteiger charge is -2.40. The molecule has 4 heteroatoms. The fraction of sp³-hybridized carbons (Fsp3) is 0.611. The molecule has 1 aromatic rings. The highest BCUT2D eigenvalue weighted by Gasteiger charge is 2.33. The van der Waals surface area contributed by atoms with Gasteiger partial charge >= 0.3 is 0 Å². The molecular weight excluding hydrogens is 278 g/mol. The molecule has 1 amide bonds. The van der Waals surface area contributed by atoms with Crippen LogP contribution >= 0.6 is 0 Å². The summed E-state index contributed by atoms with van der Waals surface area (Å²) in [6, 6.07) is 10.1. The first-order valence-corrected chi connectivity index (χ1v) is 8.19. The summed E-state index contributed by atoms with van der Waals surface area (Å²) in [5.74, 6) is 0.0655. The van der Waals surface area contributed by atoms with Gasteiger partial charge in [-0.1, -0.05) is 37.3 Å². The largest absolute Gasteiger partial charge is 0.396 e. The van der Waals surface area contributed by atoms with E-state index in [2.05, 4.69) is 19.1 Å². The number of carbonyl (C=O) groups excluding carboxylic acids is 1. The van der Waals surface area contributed by atoms with Crippen LogP contribution in [-0.2, 0) is 16.0 Å². The van der Waals surface area contributed by atoms with Crippen LogP contribution in [0.2, 0.25) is 0 Å². The van der Waals surface area contributed by atoms with Crippen molar-refractivity contribution < 1.29 is 14.6 Å².